The second kappa shape index (κ2) is 6.75. The number of rotatable bonds is 5. The lowest BCUT2D eigenvalue weighted by molar-refractivity contribution is 0.402. The second-order valence-corrected chi connectivity index (χ2v) is 7.22. The van der Waals surface area contributed by atoms with Crippen molar-refractivity contribution in [3.63, 3.8) is 0 Å². The molecule has 0 aliphatic carbocycles. The Hall–Kier alpha value is -0.550. The molecule has 0 aliphatic heterocycles. The summed E-state index contributed by atoms with van der Waals surface area (Å²) >= 11 is 11.0. The van der Waals surface area contributed by atoms with Crippen LogP contribution in [0.4, 0.5) is 5.69 Å². The number of thiophene rings is 1. The minimum Gasteiger partial charge on any atom is -0.380 e. The highest BCUT2D eigenvalue weighted by Crippen LogP contribution is 2.32. The molecule has 2 aromatic rings. The third-order valence-electron chi connectivity index (χ3n) is 2.62. The second-order valence-electron chi connectivity index (χ2n) is 4.62. The first-order valence-electron chi connectivity index (χ1n) is 5.96. The fourth-order valence-electron chi connectivity index (χ4n) is 1.76. The molecule has 1 aromatic heterocycles. The SMILES string of the molecule is CN(C)Cc1ccc(NCc2cc(Br)c(Cl)s2)cc1. The highest BCUT2D eigenvalue weighted by molar-refractivity contribution is 9.10. The third kappa shape index (κ3) is 4.49. The molecule has 2 nitrogen and oxygen atoms in total. The van der Waals surface area contributed by atoms with E-state index in [1.807, 2.05) is 0 Å². The smallest absolute Gasteiger partial charge is 0.107 e. The molecule has 19 heavy (non-hydrogen) atoms. The average molecular weight is 360 g/mol. The van der Waals surface area contributed by atoms with Crippen LogP contribution in [0.1, 0.15) is 10.4 Å². The molecule has 0 amide bonds. The summed E-state index contributed by atoms with van der Waals surface area (Å²) in [6.07, 6.45) is 0. The molecular weight excluding hydrogens is 344 g/mol. The summed E-state index contributed by atoms with van der Waals surface area (Å²) < 4.78 is 1.77. The van der Waals surface area contributed by atoms with E-state index in [9.17, 15) is 0 Å². The van der Waals surface area contributed by atoms with Crippen LogP contribution in [-0.4, -0.2) is 19.0 Å². The van der Waals surface area contributed by atoms with Gasteiger partial charge in [0.1, 0.15) is 4.34 Å². The molecule has 0 radical (unpaired) electrons. The van der Waals surface area contributed by atoms with Crippen molar-refractivity contribution in [3.8, 4) is 0 Å². The zero-order valence-electron chi connectivity index (χ0n) is 10.9. The molecule has 0 spiro atoms. The molecule has 0 saturated heterocycles. The molecule has 0 saturated carbocycles. The van der Waals surface area contributed by atoms with Crippen molar-refractivity contribution in [1.82, 2.24) is 4.90 Å². The standard InChI is InChI=1S/C14H16BrClN2S/c1-18(2)9-10-3-5-11(6-4-10)17-8-12-7-13(15)14(16)19-12/h3-7,17H,8-9H2,1-2H3. The molecule has 2 rings (SSSR count). The topological polar surface area (TPSA) is 15.3 Å². The zero-order chi connectivity index (χ0) is 13.8. The Morgan fingerprint density at radius 3 is 2.47 bits per heavy atom. The van der Waals surface area contributed by atoms with E-state index in [0.29, 0.717) is 0 Å². The number of benzene rings is 1. The molecule has 102 valence electrons. The summed E-state index contributed by atoms with van der Waals surface area (Å²) in [7, 11) is 4.15. The van der Waals surface area contributed by atoms with Crippen molar-refractivity contribution in [2.45, 2.75) is 13.1 Å². The fraction of sp³-hybridized carbons (Fsp3) is 0.286. The molecule has 0 atom stereocenters. The molecule has 1 N–H and O–H groups in total. The van der Waals surface area contributed by atoms with Gasteiger partial charge in [-0.15, -0.1) is 11.3 Å². The zero-order valence-corrected chi connectivity index (χ0v) is 14.1. The third-order valence-corrected chi connectivity index (χ3v) is 5.09. The van der Waals surface area contributed by atoms with Crippen LogP contribution in [0.3, 0.4) is 0 Å². The van der Waals surface area contributed by atoms with Crippen molar-refractivity contribution >= 4 is 44.6 Å². The molecule has 0 bridgehead atoms. The Balaban J connectivity index is 1.92. The first-order valence-corrected chi connectivity index (χ1v) is 7.94. The van der Waals surface area contributed by atoms with Crippen molar-refractivity contribution in [2.24, 2.45) is 0 Å². The maximum absolute atomic E-state index is 6.02. The van der Waals surface area contributed by atoms with E-state index in [1.54, 1.807) is 11.3 Å². The van der Waals surface area contributed by atoms with Gasteiger partial charge in [-0.3, -0.25) is 0 Å². The van der Waals surface area contributed by atoms with E-state index in [4.69, 9.17) is 11.6 Å². The molecule has 1 heterocycles. The van der Waals surface area contributed by atoms with E-state index in [1.165, 1.54) is 10.4 Å². The summed E-state index contributed by atoms with van der Waals surface area (Å²) in [4.78, 5) is 3.38. The lowest BCUT2D eigenvalue weighted by atomic mass is 10.2. The first-order chi connectivity index (χ1) is 9.04. The predicted molar refractivity (Wildman–Crippen MR) is 88.2 cm³/mol. The van der Waals surface area contributed by atoms with Gasteiger partial charge >= 0.3 is 0 Å². The Bertz CT molecular complexity index is 517. The normalized spacial score (nSPS) is 11.0. The Labute approximate surface area is 131 Å². The summed E-state index contributed by atoms with van der Waals surface area (Å²) in [6, 6.07) is 10.6. The van der Waals surface area contributed by atoms with Gasteiger partial charge in [-0.1, -0.05) is 23.7 Å². The first kappa shape index (κ1) is 14.9. The van der Waals surface area contributed by atoms with Gasteiger partial charge in [-0.05, 0) is 53.8 Å². The number of hydrogen-bond acceptors (Lipinski definition) is 3. The summed E-state index contributed by atoms with van der Waals surface area (Å²) in [6.45, 7) is 1.76. The van der Waals surface area contributed by atoms with Crippen LogP contribution >= 0.6 is 38.9 Å². The molecule has 0 fully saturated rings. The number of nitrogens with zero attached hydrogens (tertiary/aromatic N) is 1. The number of nitrogens with one attached hydrogen (secondary N) is 1. The average Bonchev–Trinajstić information content (AvgIpc) is 2.67. The van der Waals surface area contributed by atoms with E-state index < -0.39 is 0 Å². The predicted octanol–water partition coefficient (Wildman–Crippen LogP) is 4.84. The van der Waals surface area contributed by atoms with Crippen LogP contribution in [0.5, 0.6) is 0 Å². The minimum atomic E-state index is 0.795. The summed E-state index contributed by atoms with van der Waals surface area (Å²) in [5.41, 5.74) is 2.45. The Morgan fingerprint density at radius 1 is 1.26 bits per heavy atom. The van der Waals surface area contributed by atoms with Crippen LogP contribution in [0, 0.1) is 0 Å². The van der Waals surface area contributed by atoms with Gasteiger partial charge in [0.25, 0.3) is 0 Å². The van der Waals surface area contributed by atoms with Crippen molar-refractivity contribution in [3.05, 3.63) is 49.6 Å². The van der Waals surface area contributed by atoms with Crippen LogP contribution in [0.25, 0.3) is 0 Å². The minimum absolute atomic E-state index is 0.795. The van der Waals surface area contributed by atoms with E-state index >= 15 is 0 Å². The molecular formula is C14H16BrClN2S. The lowest BCUT2D eigenvalue weighted by Crippen LogP contribution is -2.10. The maximum Gasteiger partial charge on any atom is 0.107 e. The lowest BCUT2D eigenvalue weighted by Gasteiger charge is -2.10. The van der Waals surface area contributed by atoms with Gasteiger partial charge in [0.05, 0.1) is 0 Å². The quantitative estimate of drug-likeness (QED) is 0.822. The molecule has 5 heteroatoms. The maximum atomic E-state index is 6.02. The van der Waals surface area contributed by atoms with E-state index in [-0.39, 0.29) is 0 Å². The van der Waals surface area contributed by atoms with Gasteiger partial charge in [0.15, 0.2) is 0 Å². The highest BCUT2D eigenvalue weighted by Gasteiger charge is 2.04. The summed E-state index contributed by atoms with van der Waals surface area (Å²) in [5.74, 6) is 0. The fourth-order valence-corrected chi connectivity index (χ4v) is 3.49. The number of hydrogen-bond donors (Lipinski definition) is 1. The Morgan fingerprint density at radius 2 is 1.95 bits per heavy atom. The van der Waals surface area contributed by atoms with Gasteiger partial charge in [0.2, 0.25) is 0 Å². The number of halogens is 2. The molecule has 1 aromatic carbocycles. The van der Waals surface area contributed by atoms with E-state index in [0.717, 1.165) is 27.6 Å². The van der Waals surface area contributed by atoms with Gasteiger partial charge in [0, 0.05) is 28.1 Å². The van der Waals surface area contributed by atoms with Crippen molar-refractivity contribution < 1.29 is 0 Å². The van der Waals surface area contributed by atoms with Crippen LogP contribution in [-0.2, 0) is 13.1 Å². The van der Waals surface area contributed by atoms with E-state index in [2.05, 4.69) is 70.6 Å². The van der Waals surface area contributed by atoms with Crippen LogP contribution in [0.2, 0.25) is 4.34 Å². The monoisotopic (exact) mass is 358 g/mol. The highest BCUT2D eigenvalue weighted by atomic mass is 79.9. The van der Waals surface area contributed by atoms with Gasteiger partial charge in [-0.25, -0.2) is 0 Å². The van der Waals surface area contributed by atoms with Gasteiger partial charge < -0.3 is 10.2 Å². The number of anilines is 1. The largest absolute Gasteiger partial charge is 0.380 e. The Kier molecular flexibility index (Phi) is 5.28. The molecule has 0 unspecified atom stereocenters. The van der Waals surface area contributed by atoms with Crippen molar-refractivity contribution in [2.75, 3.05) is 19.4 Å². The van der Waals surface area contributed by atoms with Crippen molar-refractivity contribution in [1.29, 1.82) is 0 Å². The van der Waals surface area contributed by atoms with Gasteiger partial charge in [-0.2, -0.15) is 0 Å². The van der Waals surface area contributed by atoms with Crippen LogP contribution < -0.4 is 5.32 Å². The summed E-state index contributed by atoms with van der Waals surface area (Å²) in [5, 5.41) is 3.40. The van der Waals surface area contributed by atoms with Crippen LogP contribution in [0.15, 0.2) is 34.8 Å². The molecule has 0 aliphatic rings.